The number of benzene rings is 1. The van der Waals surface area contributed by atoms with E-state index in [1.807, 2.05) is 6.92 Å². The van der Waals surface area contributed by atoms with E-state index in [0.29, 0.717) is 6.61 Å². The van der Waals surface area contributed by atoms with E-state index in [1.165, 1.54) is 6.07 Å². The van der Waals surface area contributed by atoms with Crippen molar-refractivity contribution >= 4 is 5.97 Å². The van der Waals surface area contributed by atoms with Gasteiger partial charge in [-0.25, -0.2) is 9.18 Å². The van der Waals surface area contributed by atoms with Crippen molar-refractivity contribution in [3.63, 3.8) is 0 Å². The van der Waals surface area contributed by atoms with E-state index in [9.17, 15) is 9.18 Å². The number of phenols is 1. The van der Waals surface area contributed by atoms with Gasteiger partial charge in [0, 0.05) is 0 Å². The van der Waals surface area contributed by atoms with Gasteiger partial charge in [-0.05, 0) is 24.6 Å². The van der Waals surface area contributed by atoms with Crippen LogP contribution in [0.15, 0.2) is 18.2 Å². The number of halogens is 1. The van der Waals surface area contributed by atoms with E-state index in [2.05, 4.69) is 0 Å². The van der Waals surface area contributed by atoms with Crippen LogP contribution in [0.3, 0.4) is 0 Å². The summed E-state index contributed by atoms with van der Waals surface area (Å²) in [5, 5.41) is 8.91. The topological polar surface area (TPSA) is 46.5 Å². The first-order chi connectivity index (χ1) is 7.15. The number of esters is 1. The van der Waals surface area contributed by atoms with Gasteiger partial charge in [-0.15, -0.1) is 0 Å². The molecule has 0 aromatic heterocycles. The summed E-state index contributed by atoms with van der Waals surface area (Å²) in [5.41, 5.74) is 0.112. The summed E-state index contributed by atoms with van der Waals surface area (Å²) in [6, 6.07) is 3.42. The maximum absolute atomic E-state index is 12.9. The molecule has 1 rings (SSSR count). The molecule has 0 bridgehead atoms. The lowest BCUT2D eigenvalue weighted by Crippen LogP contribution is -2.06. The number of unbranched alkanes of at least 4 members (excludes halogenated alkanes) is 1. The van der Waals surface area contributed by atoms with Crippen LogP contribution < -0.4 is 0 Å². The highest BCUT2D eigenvalue weighted by atomic mass is 19.1. The van der Waals surface area contributed by atoms with E-state index in [-0.39, 0.29) is 5.56 Å². The molecule has 0 fully saturated rings. The molecule has 3 nitrogen and oxygen atoms in total. The SMILES string of the molecule is CCCCOC(=O)c1ccc(O)c(F)c1. The second-order valence-corrected chi connectivity index (χ2v) is 3.16. The van der Waals surface area contributed by atoms with Crippen LogP contribution in [0, 0.1) is 5.82 Å². The zero-order valence-electron chi connectivity index (χ0n) is 8.50. The van der Waals surface area contributed by atoms with Gasteiger partial charge >= 0.3 is 5.97 Å². The van der Waals surface area contributed by atoms with Gasteiger partial charge in [-0.2, -0.15) is 0 Å². The fraction of sp³-hybridized carbons (Fsp3) is 0.364. The van der Waals surface area contributed by atoms with Gasteiger partial charge in [0.05, 0.1) is 12.2 Å². The molecule has 1 N–H and O–H groups in total. The fourth-order valence-corrected chi connectivity index (χ4v) is 1.03. The lowest BCUT2D eigenvalue weighted by Gasteiger charge is -2.04. The van der Waals surface area contributed by atoms with Crippen molar-refractivity contribution in [2.24, 2.45) is 0 Å². The summed E-state index contributed by atoms with van der Waals surface area (Å²) in [7, 11) is 0. The monoisotopic (exact) mass is 212 g/mol. The van der Waals surface area contributed by atoms with Crippen molar-refractivity contribution in [2.45, 2.75) is 19.8 Å². The van der Waals surface area contributed by atoms with Gasteiger partial charge in [0.1, 0.15) is 0 Å². The number of hydrogen-bond acceptors (Lipinski definition) is 3. The average Bonchev–Trinajstić information content (AvgIpc) is 2.22. The zero-order valence-corrected chi connectivity index (χ0v) is 8.50. The molecule has 0 unspecified atom stereocenters. The molecule has 0 heterocycles. The van der Waals surface area contributed by atoms with E-state index in [0.717, 1.165) is 25.0 Å². The van der Waals surface area contributed by atoms with Gasteiger partial charge < -0.3 is 9.84 Å². The Hall–Kier alpha value is -1.58. The first-order valence-corrected chi connectivity index (χ1v) is 4.80. The Morgan fingerprint density at radius 3 is 2.87 bits per heavy atom. The Kier molecular flexibility index (Phi) is 4.09. The highest BCUT2D eigenvalue weighted by molar-refractivity contribution is 5.89. The second kappa shape index (κ2) is 5.34. The van der Waals surface area contributed by atoms with Crippen LogP contribution in [-0.4, -0.2) is 17.7 Å². The summed E-state index contributed by atoms with van der Waals surface area (Å²) in [5.74, 6) is -1.86. The lowest BCUT2D eigenvalue weighted by atomic mass is 10.2. The number of carbonyl (C=O) groups is 1. The molecule has 1 aromatic rings. The minimum Gasteiger partial charge on any atom is -0.505 e. The molecule has 4 heteroatoms. The molecule has 0 spiro atoms. The van der Waals surface area contributed by atoms with Gasteiger partial charge in [0.25, 0.3) is 0 Å². The van der Waals surface area contributed by atoms with Gasteiger partial charge in [-0.1, -0.05) is 13.3 Å². The maximum atomic E-state index is 12.9. The lowest BCUT2D eigenvalue weighted by molar-refractivity contribution is 0.0499. The van der Waals surface area contributed by atoms with Crippen LogP contribution in [0.5, 0.6) is 5.75 Å². The van der Waals surface area contributed by atoms with Crippen LogP contribution in [-0.2, 0) is 4.74 Å². The summed E-state index contributed by atoms with van der Waals surface area (Å²) in [6.07, 6.45) is 1.71. The molecule has 0 atom stereocenters. The van der Waals surface area contributed by atoms with Crippen LogP contribution in [0.25, 0.3) is 0 Å². The van der Waals surface area contributed by atoms with Crippen molar-refractivity contribution in [3.05, 3.63) is 29.6 Å². The van der Waals surface area contributed by atoms with E-state index >= 15 is 0 Å². The van der Waals surface area contributed by atoms with Crippen molar-refractivity contribution in [3.8, 4) is 5.75 Å². The van der Waals surface area contributed by atoms with E-state index in [4.69, 9.17) is 9.84 Å². The summed E-state index contributed by atoms with van der Waals surface area (Å²) in [6.45, 7) is 2.31. The first-order valence-electron chi connectivity index (χ1n) is 4.80. The van der Waals surface area contributed by atoms with Crippen LogP contribution in [0.2, 0.25) is 0 Å². The number of hydrogen-bond donors (Lipinski definition) is 1. The Balaban J connectivity index is 2.62. The van der Waals surface area contributed by atoms with Crippen molar-refractivity contribution in [1.82, 2.24) is 0 Å². The molecule has 0 amide bonds. The van der Waals surface area contributed by atoms with Crippen molar-refractivity contribution < 1.29 is 19.0 Å². The zero-order chi connectivity index (χ0) is 11.3. The molecule has 0 radical (unpaired) electrons. The maximum Gasteiger partial charge on any atom is 0.338 e. The minimum atomic E-state index is -0.819. The number of rotatable bonds is 4. The molecule has 0 aliphatic rings. The predicted octanol–water partition coefficient (Wildman–Crippen LogP) is 2.49. The standard InChI is InChI=1S/C11H13FO3/c1-2-3-6-15-11(14)8-4-5-10(13)9(12)7-8/h4-5,7,13H,2-3,6H2,1H3. The van der Waals surface area contributed by atoms with Crippen LogP contribution in [0.1, 0.15) is 30.1 Å². The fourth-order valence-electron chi connectivity index (χ4n) is 1.03. The molecule has 0 saturated carbocycles. The predicted molar refractivity (Wildman–Crippen MR) is 53.3 cm³/mol. The second-order valence-electron chi connectivity index (χ2n) is 3.16. The van der Waals surface area contributed by atoms with Crippen LogP contribution in [0.4, 0.5) is 4.39 Å². The number of carbonyl (C=O) groups excluding carboxylic acids is 1. The van der Waals surface area contributed by atoms with Crippen molar-refractivity contribution in [2.75, 3.05) is 6.61 Å². The van der Waals surface area contributed by atoms with Gasteiger partial charge in [-0.3, -0.25) is 0 Å². The summed E-state index contributed by atoms with van der Waals surface area (Å²) < 4.78 is 17.7. The normalized spacial score (nSPS) is 10.0. The number of aromatic hydroxyl groups is 1. The third-order valence-electron chi connectivity index (χ3n) is 1.91. The Labute approximate surface area is 87.5 Å². The smallest absolute Gasteiger partial charge is 0.338 e. The summed E-state index contributed by atoms with van der Waals surface area (Å²) in [4.78, 5) is 11.3. The highest BCUT2D eigenvalue weighted by Crippen LogP contribution is 2.16. The van der Waals surface area contributed by atoms with Gasteiger partial charge in [0.2, 0.25) is 0 Å². The molecule has 82 valence electrons. The molecule has 0 saturated heterocycles. The molecule has 1 aromatic carbocycles. The molecule has 0 aliphatic carbocycles. The Morgan fingerprint density at radius 2 is 2.27 bits per heavy atom. The molecule has 15 heavy (non-hydrogen) atoms. The quantitative estimate of drug-likeness (QED) is 0.616. The Morgan fingerprint density at radius 1 is 1.53 bits per heavy atom. The summed E-state index contributed by atoms with van der Waals surface area (Å²) >= 11 is 0. The third-order valence-corrected chi connectivity index (χ3v) is 1.91. The molecular weight excluding hydrogens is 199 g/mol. The third kappa shape index (κ3) is 3.23. The molecular formula is C11H13FO3. The van der Waals surface area contributed by atoms with Crippen LogP contribution >= 0.6 is 0 Å². The number of phenolic OH excluding ortho intramolecular Hbond substituents is 1. The largest absolute Gasteiger partial charge is 0.505 e. The Bertz CT molecular complexity index is 350. The van der Waals surface area contributed by atoms with Crippen molar-refractivity contribution in [1.29, 1.82) is 0 Å². The highest BCUT2D eigenvalue weighted by Gasteiger charge is 2.09. The minimum absolute atomic E-state index is 0.112. The number of ether oxygens (including phenoxy) is 1. The first kappa shape index (κ1) is 11.5. The van der Waals surface area contributed by atoms with E-state index < -0.39 is 17.5 Å². The van der Waals surface area contributed by atoms with E-state index in [1.54, 1.807) is 0 Å². The average molecular weight is 212 g/mol. The molecule has 0 aliphatic heterocycles. The van der Waals surface area contributed by atoms with Gasteiger partial charge in [0.15, 0.2) is 11.6 Å².